The van der Waals surface area contributed by atoms with Crippen LogP contribution in [0.15, 0.2) is 72.8 Å². The van der Waals surface area contributed by atoms with Gasteiger partial charge in [0.15, 0.2) is 0 Å². The third-order valence-electron chi connectivity index (χ3n) is 8.29. The molecule has 38 heavy (non-hydrogen) atoms. The van der Waals surface area contributed by atoms with Gasteiger partial charge in [0.2, 0.25) is 0 Å². The van der Waals surface area contributed by atoms with Crippen molar-refractivity contribution in [3.8, 4) is 22.3 Å². The lowest BCUT2D eigenvalue weighted by Crippen LogP contribution is -2.13. The first-order valence-corrected chi connectivity index (χ1v) is 13.8. The molecule has 2 atom stereocenters. The minimum absolute atomic E-state index is 0.344. The van der Waals surface area contributed by atoms with Crippen molar-refractivity contribution in [1.29, 1.82) is 0 Å². The molecule has 0 bridgehead atoms. The zero-order chi connectivity index (χ0) is 25.1. The number of aromatic nitrogens is 4. The molecule has 2 aromatic heterocycles. The fourth-order valence-electron chi connectivity index (χ4n) is 6.19. The quantitative estimate of drug-likeness (QED) is 0.216. The van der Waals surface area contributed by atoms with E-state index in [1.807, 2.05) is 0 Å². The van der Waals surface area contributed by atoms with Gasteiger partial charge >= 0.3 is 0 Å². The Hall–Kier alpha value is -4.00. The molecule has 2 aliphatic heterocycles. The minimum atomic E-state index is 0.344. The van der Waals surface area contributed by atoms with Gasteiger partial charge in [0, 0.05) is 0 Å². The van der Waals surface area contributed by atoms with E-state index in [1.165, 1.54) is 45.9 Å². The van der Waals surface area contributed by atoms with Crippen molar-refractivity contribution in [1.82, 2.24) is 30.6 Å². The highest BCUT2D eigenvalue weighted by Crippen LogP contribution is 2.32. The maximum absolute atomic E-state index is 4.84. The van der Waals surface area contributed by atoms with Gasteiger partial charge < -0.3 is 20.6 Å². The van der Waals surface area contributed by atoms with Crippen LogP contribution in [0.3, 0.4) is 0 Å². The standard InChI is InChI=1S/C32H30N6/c1-3-27(33-13-1)31-35-25-11-9-22(17-29(25)37-31)20-7-5-19-6-8-21(16-24(19)15-20)23-10-12-26-30(18-23)38-32(36-26)28-4-2-14-34-28/h5-12,15-18,27-28,33-34H,1-4,13-14H2,(H,35,37)(H,36,38). The normalized spacial score (nSPS) is 19.8. The molecule has 2 saturated heterocycles. The van der Waals surface area contributed by atoms with Gasteiger partial charge in [0.05, 0.1) is 34.2 Å². The van der Waals surface area contributed by atoms with Crippen LogP contribution in [0.2, 0.25) is 0 Å². The average molecular weight is 499 g/mol. The predicted octanol–water partition coefficient (Wildman–Crippen LogP) is 6.78. The van der Waals surface area contributed by atoms with Gasteiger partial charge in [0.25, 0.3) is 0 Å². The number of nitrogens with one attached hydrogen (secondary N) is 4. The van der Waals surface area contributed by atoms with Crippen LogP contribution in [0.1, 0.15) is 49.4 Å². The molecule has 0 saturated carbocycles. The summed E-state index contributed by atoms with van der Waals surface area (Å²) in [5.74, 6) is 2.11. The summed E-state index contributed by atoms with van der Waals surface area (Å²) in [6, 6.07) is 27.3. The first-order chi connectivity index (χ1) is 18.8. The molecule has 4 aromatic carbocycles. The maximum Gasteiger partial charge on any atom is 0.124 e. The van der Waals surface area contributed by atoms with Crippen molar-refractivity contribution in [2.45, 2.75) is 37.8 Å². The highest BCUT2D eigenvalue weighted by atomic mass is 15.0. The summed E-state index contributed by atoms with van der Waals surface area (Å²) >= 11 is 0. The predicted molar refractivity (Wildman–Crippen MR) is 154 cm³/mol. The molecule has 4 heterocycles. The van der Waals surface area contributed by atoms with Gasteiger partial charge in [-0.25, -0.2) is 9.97 Å². The molecule has 4 N–H and O–H groups in total. The van der Waals surface area contributed by atoms with Gasteiger partial charge in [-0.15, -0.1) is 0 Å². The van der Waals surface area contributed by atoms with Crippen LogP contribution in [-0.4, -0.2) is 33.0 Å². The van der Waals surface area contributed by atoms with Crippen LogP contribution in [0.5, 0.6) is 0 Å². The fourth-order valence-corrected chi connectivity index (χ4v) is 6.19. The van der Waals surface area contributed by atoms with Gasteiger partial charge in [-0.05, 0) is 108 Å². The Labute approximate surface area is 220 Å². The molecule has 2 aliphatic rings. The molecule has 6 aromatic rings. The van der Waals surface area contributed by atoms with E-state index in [0.29, 0.717) is 12.1 Å². The molecule has 188 valence electrons. The molecule has 6 heteroatoms. The monoisotopic (exact) mass is 498 g/mol. The lowest BCUT2D eigenvalue weighted by Gasteiger charge is -2.08. The molecule has 8 rings (SSSR count). The largest absolute Gasteiger partial charge is 0.341 e. The SMILES string of the molecule is c1cc2ccc(-c3ccc4nc(C5CCCN5)[nH]c4c3)cc2cc1-c1ccc2nc(C3CCCN3)[nH]c2c1. The van der Waals surface area contributed by atoms with Gasteiger partial charge in [0.1, 0.15) is 11.6 Å². The van der Waals surface area contributed by atoms with Crippen molar-refractivity contribution in [3.63, 3.8) is 0 Å². The molecule has 2 unspecified atom stereocenters. The number of fused-ring (bicyclic) bond motifs is 3. The van der Waals surface area contributed by atoms with Crippen molar-refractivity contribution < 1.29 is 0 Å². The second-order valence-corrected chi connectivity index (χ2v) is 10.8. The lowest BCUT2D eigenvalue weighted by atomic mass is 9.97. The highest BCUT2D eigenvalue weighted by molar-refractivity contribution is 5.93. The van der Waals surface area contributed by atoms with E-state index >= 15 is 0 Å². The Morgan fingerprint density at radius 1 is 0.526 bits per heavy atom. The third-order valence-corrected chi connectivity index (χ3v) is 8.29. The van der Waals surface area contributed by atoms with E-state index in [1.54, 1.807) is 0 Å². The summed E-state index contributed by atoms with van der Waals surface area (Å²) in [6.45, 7) is 2.14. The Balaban J connectivity index is 1.13. The van der Waals surface area contributed by atoms with Gasteiger partial charge in [-0.1, -0.05) is 36.4 Å². The molecular formula is C32H30N6. The average Bonchev–Trinajstić information content (AvgIpc) is 3.77. The van der Waals surface area contributed by atoms with Crippen LogP contribution in [0.25, 0.3) is 55.1 Å². The van der Waals surface area contributed by atoms with Crippen LogP contribution >= 0.6 is 0 Å². The number of aromatic amines is 2. The Morgan fingerprint density at radius 3 is 1.47 bits per heavy atom. The smallest absolute Gasteiger partial charge is 0.124 e. The van der Waals surface area contributed by atoms with Gasteiger partial charge in [-0.3, -0.25) is 0 Å². The maximum atomic E-state index is 4.84. The van der Waals surface area contributed by atoms with Crippen molar-refractivity contribution in [3.05, 3.63) is 84.4 Å². The highest BCUT2D eigenvalue weighted by Gasteiger charge is 2.20. The molecule has 0 spiro atoms. The summed E-state index contributed by atoms with van der Waals surface area (Å²) < 4.78 is 0. The van der Waals surface area contributed by atoms with E-state index in [4.69, 9.17) is 9.97 Å². The molecule has 6 nitrogen and oxygen atoms in total. The summed E-state index contributed by atoms with van der Waals surface area (Å²) in [6.07, 6.45) is 4.71. The molecule has 0 aliphatic carbocycles. The van der Waals surface area contributed by atoms with Crippen LogP contribution < -0.4 is 10.6 Å². The Morgan fingerprint density at radius 2 is 1.00 bits per heavy atom. The number of benzene rings is 4. The summed E-state index contributed by atoms with van der Waals surface area (Å²) in [4.78, 5) is 16.8. The first kappa shape index (κ1) is 22.0. The molecule has 0 radical (unpaired) electrons. The number of nitrogens with zero attached hydrogens (tertiary/aromatic N) is 2. The number of imidazole rings is 2. The van der Waals surface area contributed by atoms with Crippen molar-refractivity contribution in [2.75, 3.05) is 13.1 Å². The Bertz CT molecular complexity index is 1670. The second kappa shape index (κ2) is 8.79. The van der Waals surface area contributed by atoms with E-state index in [0.717, 1.165) is 59.6 Å². The summed E-state index contributed by atoms with van der Waals surface area (Å²) in [5.41, 5.74) is 9.08. The zero-order valence-corrected chi connectivity index (χ0v) is 21.2. The van der Waals surface area contributed by atoms with E-state index in [9.17, 15) is 0 Å². The molecule has 2 fully saturated rings. The second-order valence-electron chi connectivity index (χ2n) is 10.8. The van der Waals surface area contributed by atoms with Gasteiger partial charge in [-0.2, -0.15) is 0 Å². The van der Waals surface area contributed by atoms with E-state index < -0.39 is 0 Å². The summed E-state index contributed by atoms with van der Waals surface area (Å²) in [7, 11) is 0. The van der Waals surface area contributed by atoms with Crippen LogP contribution in [0.4, 0.5) is 0 Å². The number of H-pyrrole nitrogens is 2. The van der Waals surface area contributed by atoms with E-state index in [-0.39, 0.29) is 0 Å². The van der Waals surface area contributed by atoms with Crippen molar-refractivity contribution >= 4 is 32.8 Å². The van der Waals surface area contributed by atoms with Crippen LogP contribution in [-0.2, 0) is 0 Å². The summed E-state index contributed by atoms with van der Waals surface area (Å²) in [5, 5.41) is 9.56. The van der Waals surface area contributed by atoms with Crippen LogP contribution in [0, 0.1) is 0 Å². The topological polar surface area (TPSA) is 81.4 Å². The molecule has 0 amide bonds. The van der Waals surface area contributed by atoms with Crippen molar-refractivity contribution in [2.24, 2.45) is 0 Å². The number of hydrogen-bond acceptors (Lipinski definition) is 4. The fraction of sp³-hybridized carbons (Fsp3) is 0.250. The number of rotatable bonds is 4. The minimum Gasteiger partial charge on any atom is -0.341 e. The van der Waals surface area contributed by atoms with E-state index in [2.05, 4.69) is 93.4 Å². The lowest BCUT2D eigenvalue weighted by molar-refractivity contribution is 0.614. The third kappa shape index (κ3) is 3.80. The number of hydrogen-bond donors (Lipinski definition) is 4. The zero-order valence-electron chi connectivity index (χ0n) is 21.2. The Kier molecular flexibility index (Phi) is 5.10. The first-order valence-electron chi connectivity index (χ1n) is 13.8. The molecular weight excluding hydrogens is 468 g/mol.